The minimum Gasteiger partial charge on any atom is -0.342 e. The van der Waals surface area contributed by atoms with E-state index in [4.69, 9.17) is 4.84 Å². The van der Waals surface area contributed by atoms with Crippen LogP contribution in [0.25, 0.3) is 0 Å². The van der Waals surface area contributed by atoms with E-state index in [1.807, 2.05) is 6.92 Å². The molecular weight excluding hydrogens is 336 g/mol. The molecule has 0 spiro atoms. The SMILES string of the molecule is CCN(C)C(=O)c1cccc(C(=O)ON2C(=O)c3ccccc3C2=O)c1. The minimum atomic E-state index is -0.895. The van der Waals surface area contributed by atoms with Crippen molar-refractivity contribution in [3.8, 4) is 0 Å². The molecule has 0 radical (unpaired) electrons. The Balaban J connectivity index is 1.81. The molecule has 1 aliphatic rings. The first kappa shape index (κ1) is 17.3. The Hall–Kier alpha value is -3.48. The van der Waals surface area contributed by atoms with Crippen LogP contribution >= 0.6 is 0 Å². The maximum atomic E-state index is 12.4. The van der Waals surface area contributed by atoms with Gasteiger partial charge in [0.1, 0.15) is 0 Å². The van der Waals surface area contributed by atoms with Gasteiger partial charge in [0, 0.05) is 19.2 Å². The van der Waals surface area contributed by atoms with Gasteiger partial charge in [-0.25, -0.2) is 4.79 Å². The van der Waals surface area contributed by atoms with Gasteiger partial charge in [-0.15, -0.1) is 0 Å². The lowest BCUT2D eigenvalue weighted by Gasteiger charge is -2.15. The number of benzene rings is 2. The summed E-state index contributed by atoms with van der Waals surface area (Å²) in [4.78, 5) is 55.5. The molecule has 3 rings (SSSR count). The van der Waals surface area contributed by atoms with E-state index in [1.165, 1.54) is 35.2 Å². The molecule has 0 fully saturated rings. The molecule has 1 heterocycles. The van der Waals surface area contributed by atoms with Crippen molar-refractivity contribution in [3.63, 3.8) is 0 Å². The van der Waals surface area contributed by atoms with Crippen molar-refractivity contribution in [1.29, 1.82) is 0 Å². The van der Waals surface area contributed by atoms with Crippen LogP contribution in [0.4, 0.5) is 0 Å². The molecule has 7 heteroatoms. The zero-order valence-corrected chi connectivity index (χ0v) is 14.3. The highest BCUT2D eigenvalue weighted by molar-refractivity contribution is 6.21. The maximum Gasteiger partial charge on any atom is 0.363 e. The predicted octanol–water partition coefficient (Wildman–Crippen LogP) is 2.15. The van der Waals surface area contributed by atoms with E-state index in [0.717, 1.165) is 0 Å². The average Bonchev–Trinajstić information content (AvgIpc) is 2.92. The van der Waals surface area contributed by atoms with Crippen molar-refractivity contribution in [2.75, 3.05) is 13.6 Å². The number of imide groups is 1. The number of hydrogen-bond acceptors (Lipinski definition) is 5. The van der Waals surface area contributed by atoms with Gasteiger partial charge in [-0.3, -0.25) is 14.4 Å². The van der Waals surface area contributed by atoms with Crippen LogP contribution in [-0.2, 0) is 4.84 Å². The third-order valence-electron chi connectivity index (χ3n) is 4.10. The van der Waals surface area contributed by atoms with E-state index in [2.05, 4.69) is 0 Å². The standard InChI is InChI=1S/C19H16N2O5/c1-3-20(2)16(22)12-7-6-8-13(11-12)19(25)26-21-17(23)14-9-4-5-10-15(14)18(21)24/h4-11H,3H2,1-2H3. The minimum absolute atomic E-state index is 0.0666. The molecule has 0 bridgehead atoms. The second-order valence-corrected chi connectivity index (χ2v) is 5.73. The van der Waals surface area contributed by atoms with Crippen LogP contribution < -0.4 is 0 Å². The number of amides is 3. The van der Waals surface area contributed by atoms with E-state index in [-0.39, 0.29) is 22.6 Å². The van der Waals surface area contributed by atoms with Gasteiger partial charge in [0.15, 0.2) is 0 Å². The quantitative estimate of drug-likeness (QED) is 0.787. The molecule has 1 aliphatic heterocycles. The van der Waals surface area contributed by atoms with Crippen LogP contribution in [0.3, 0.4) is 0 Å². The maximum absolute atomic E-state index is 12.4. The Morgan fingerprint density at radius 3 is 2.12 bits per heavy atom. The monoisotopic (exact) mass is 352 g/mol. The molecule has 26 heavy (non-hydrogen) atoms. The van der Waals surface area contributed by atoms with E-state index in [0.29, 0.717) is 17.2 Å². The Bertz CT molecular complexity index is 887. The van der Waals surface area contributed by atoms with E-state index in [1.54, 1.807) is 25.2 Å². The molecule has 0 aliphatic carbocycles. The summed E-state index contributed by atoms with van der Waals surface area (Å²) < 4.78 is 0. The molecule has 3 amide bonds. The fourth-order valence-corrected chi connectivity index (χ4v) is 2.53. The molecule has 0 unspecified atom stereocenters. The van der Waals surface area contributed by atoms with Crippen molar-refractivity contribution in [3.05, 3.63) is 70.8 Å². The second kappa shape index (κ2) is 6.79. The van der Waals surface area contributed by atoms with Crippen molar-refractivity contribution < 1.29 is 24.0 Å². The summed E-state index contributed by atoms with van der Waals surface area (Å²) in [6.07, 6.45) is 0. The van der Waals surface area contributed by atoms with Crippen LogP contribution in [0, 0.1) is 0 Å². The molecule has 0 aromatic heterocycles. The first-order chi connectivity index (χ1) is 12.4. The highest BCUT2D eigenvalue weighted by Crippen LogP contribution is 2.23. The van der Waals surface area contributed by atoms with Gasteiger partial charge in [0.25, 0.3) is 17.7 Å². The number of nitrogens with zero attached hydrogens (tertiary/aromatic N) is 2. The highest BCUT2D eigenvalue weighted by atomic mass is 16.7. The van der Waals surface area contributed by atoms with Crippen LogP contribution in [0.2, 0.25) is 0 Å². The third kappa shape index (κ3) is 2.95. The second-order valence-electron chi connectivity index (χ2n) is 5.73. The number of hydroxylamine groups is 2. The third-order valence-corrected chi connectivity index (χ3v) is 4.10. The van der Waals surface area contributed by atoms with Gasteiger partial charge in [-0.2, -0.15) is 0 Å². The molecule has 2 aromatic rings. The number of hydrogen-bond donors (Lipinski definition) is 0. The van der Waals surface area contributed by atoms with E-state index in [9.17, 15) is 19.2 Å². The predicted molar refractivity (Wildman–Crippen MR) is 91.4 cm³/mol. The number of fused-ring (bicyclic) bond motifs is 1. The molecule has 0 N–H and O–H groups in total. The smallest absolute Gasteiger partial charge is 0.342 e. The molecule has 0 saturated carbocycles. The fourth-order valence-electron chi connectivity index (χ4n) is 2.53. The van der Waals surface area contributed by atoms with Crippen molar-refractivity contribution in [1.82, 2.24) is 9.96 Å². The van der Waals surface area contributed by atoms with Gasteiger partial charge in [-0.1, -0.05) is 23.3 Å². The first-order valence-corrected chi connectivity index (χ1v) is 7.99. The molecule has 0 atom stereocenters. The average molecular weight is 352 g/mol. The van der Waals surface area contributed by atoms with Gasteiger partial charge < -0.3 is 9.74 Å². The van der Waals surface area contributed by atoms with Gasteiger partial charge >= 0.3 is 5.97 Å². The van der Waals surface area contributed by atoms with Gasteiger partial charge in [0.05, 0.1) is 16.7 Å². The zero-order chi connectivity index (χ0) is 18.8. The van der Waals surface area contributed by atoms with Gasteiger partial charge in [-0.05, 0) is 37.3 Å². The van der Waals surface area contributed by atoms with Crippen LogP contribution in [0.5, 0.6) is 0 Å². The molecule has 0 saturated heterocycles. The van der Waals surface area contributed by atoms with Crippen molar-refractivity contribution in [2.45, 2.75) is 6.92 Å². The summed E-state index contributed by atoms with van der Waals surface area (Å²) in [5.74, 6) is -2.54. The van der Waals surface area contributed by atoms with Crippen LogP contribution in [0.15, 0.2) is 48.5 Å². The largest absolute Gasteiger partial charge is 0.363 e. The molecule has 132 valence electrons. The van der Waals surface area contributed by atoms with Crippen molar-refractivity contribution in [2.24, 2.45) is 0 Å². The normalized spacial score (nSPS) is 12.8. The lowest BCUT2D eigenvalue weighted by Crippen LogP contribution is -2.32. The molecular formula is C19H16N2O5. The number of rotatable bonds is 4. The molecule has 2 aromatic carbocycles. The van der Waals surface area contributed by atoms with Crippen LogP contribution in [-0.4, -0.2) is 47.2 Å². The Morgan fingerprint density at radius 1 is 0.962 bits per heavy atom. The number of carbonyl (C=O) groups excluding carboxylic acids is 4. The summed E-state index contributed by atoms with van der Waals surface area (Å²) in [5, 5.41) is 0.444. The fraction of sp³-hybridized carbons (Fsp3) is 0.158. The Kier molecular flexibility index (Phi) is 4.53. The lowest BCUT2D eigenvalue weighted by atomic mass is 10.1. The Morgan fingerprint density at radius 2 is 1.54 bits per heavy atom. The van der Waals surface area contributed by atoms with Crippen molar-refractivity contribution >= 4 is 23.7 Å². The summed E-state index contributed by atoms with van der Waals surface area (Å²) in [7, 11) is 1.64. The first-order valence-electron chi connectivity index (χ1n) is 7.99. The lowest BCUT2D eigenvalue weighted by molar-refractivity contribution is -0.0584. The zero-order valence-electron chi connectivity index (χ0n) is 14.3. The number of carbonyl (C=O) groups is 4. The highest BCUT2D eigenvalue weighted by Gasteiger charge is 2.38. The topological polar surface area (TPSA) is 84.0 Å². The summed E-state index contributed by atoms with van der Waals surface area (Å²) in [6, 6.07) is 12.1. The Labute approximate surface area is 149 Å². The summed E-state index contributed by atoms with van der Waals surface area (Å²) >= 11 is 0. The van der Waals surface area contributed by atoms with E-state index >= 15 is 0 Å². The summed E-state index contributed by atoms with van der Waals surface area (Å²) in [6.45, 7) is 2.35. The van der Waals surface area contributed by atoms with Gasteiger partial charge in [0.2, 0.25) is 0 Å². The summed E-state index contributed by atoms with van der Waals surface area (Å²) in [5.41, 5.74) is 0.737. The molecule has 7 nitrogen and oxygen atoms in total. The van der Waals surface area contributed by atoms with E-state index < -0.39 is 17.8 Å². The van der Waals surface area contributed by atoms with Crippen LogP contribution in [0.1, 0.15) is 48.4 Å².